The molecular weight excluding hydrogens is 450 g/mol. The standard InChI is InChI=1S/C25H29N5O3S/c31-23(28-14-12-27(13-15-28)22-6-2-3-9-26-22)17-30-20-16-19(7-8-21(20)34-18-24(30)32)25(33)29-10-4-1-5-11-29/h2-3,6-9,16H,1,4-5,10-15,17-18H2. The van der Waals surface area contributed by atoms with Crippen LogP contribution in [-0.2, 0) is 9.59 Å². The zero-order valence-electron chi connectivity index (χ0n) is 19.2. The minimum absolute atomic E-state index is 0.00226. The van der Waals surface area contributed by atoms with Crippen molar-refractivity contribution in [3.63, 3.8) is 0 Å². The summed E-state index contributed by atoms with van der Waals surface area (Å²) in [7, 11) is 0. The van der Waals surface area contributed by atoms with Gasteiger partial charge >= 0.3 is 0 Å². The molecule has 4 heterocycles. The minimum atomic E-state index is -0.0967. The number of hydrogen-bond acceptors (Lipinski definition) is 6. The molecule has 0 bridgehead atoms. The van der Waals surface area contributed by atoms with E-state index in [9.17, 15) is 14.4 Å². The number of carbonyl (C=O) groups excluding carboxylic acids is 3. The summed E-state index contributed by atoms with van der Waals surface area (Å²) < 4.78 is 0. The molecule has 2 fully saturated rings. The van der Waals surface area contributed by atoms with E-state index in [0.717, 1.165) is 43.1 Å². The second-order valence-corrected chi connectivity index (χ2v) is 9.88. The summed E-state index contributed by atoms with van der Waals surface area (Å²) in [5, 5.41) is 0. The van der Waals surface area contributed by atoms with Crippen molar-refractivity contribution in [1.82, 2.24) is 14.8 Å². The Morgan fingerprint density at radius 1 is 0.912 bits per heavy atom. The molecule has 3 aliphatic heterocycles. The lowest BCUT2D eigenvalue weighted by atomic mass is 10.1. The van der Waals surface area contributed by atoms with Gasteiger partial charge in [-0.2, -0.15) is 0 Å². The molecule has 1 aromatic heterocycles. The van der Waals surface area contributed by atoms with Gasteiger partial charge in [-0.25, -0.2) is 4.98 Å². The lowest BCUT2D eigenvalue weighted by Crippen LogP contribution is -2.52. The molecule has 0 unspecified atom stereocenters. The number of amides is 3. The molecule has 0 spiro atoms. The summed E-state index contributed by atoms with van der Waals surface area (Å²) >= 11 is 1.46. The third-order valence-electron chi connectivity index (χ3n) is 6.69. The van der Waals surface area contributed by atoms with Crippen molar-refractivity contribution in [2.45, 2.75) is 24.2 Å². The van der Waals surface area contributed by atoms with Crippen LogP contribution >= 0.6 is 11.8 Å². The van der Waals surface area contributed by atoms with E-state index in [2.05, 4.69) is 9.88 Å². The van der Waals surface area contributed by atoms with Crippen molar-refractivity contribution in [3.8, 4) is 0 Å². The molecule has 8 nitrogen and oxygen atoms in total. The number of aromatic nitrogens is 1. The van der Waals surface area contributed by atoms with Crippen LogP contribution in [0.5, 0.6) is 0 Å². The van der Waals surface area contributed by atoms with Gasteiger partial charge in [-0.15, -0.1) is 11.8 Å². The van der Waals surface area contributed by atoms with E-state index < -0.39 is 0 Å². The lowest BCUT2D eigenvalue weighted by molar-refractivity contribution is -0.131. The Labute approximate surface area is 203 Å². The second-order valence-electron chi connectivity index (χ2n) is 8.86. The van der Waals surface area contributed by atoms with Crippen molar-refractivity contribution in [1.29, 1.82) is 0 Å². The second kappa shape index (κ2) is 10.0. The van der Waals surface area contributed by atoms with Gasteiger partial charge in [0.2, 0.25) is 11.8 Å². The van der Waals surface area contributed by atoms with E-state index in [-0.39, 0.29) is 24.3 Å². The molecule has 0 aliphatic carbocycles. The maximum absolute atomic E-state index is 13.1. The molecular formula is C25H29N5O3S. The van der Waals surface area contributed by atoms with Crippen LogP contribution in [0.1, 0.15) is 29.6 Å². The zero-order chi connectivity index (χ0) is 23.5. The highest BCUT2D eigenvalue weighted by Crippen LogP contribution is 2.36. The number of thioether (sulfide) groups is 1. The number of nitrogens with zero attached hydrogens (tertiary/aromatic N) is 5. The van der Waals surface area contributed by atoms with Gasteiger partial charge in [0.05, 0.1) is 11.4 Å². The summed E-state index contributed by atoms with van der Waals surface area (Å²) in [5.41, 5.74) is 1.25. The highest BCUT2D eigenvalue weighted by Gasteiger charge is 2.31. The van der Waals surface area contributed by atoms with Crippen LogP contribution in [0.25, 0.3) is 0 Å². The van der Waals surface area contributed by atoms with E-state index in [4.69, 9.17) is 0 Å². The number of pyridine rings is 1. The monoisotopic (exact) mass is 479 g/mol. The van der Waals surface area contributed by atoms with Crippen LogP contribution in [0.4, 0.5) is 11.5 Å². The van der Waals surface area contributed by atoms with Crippen molar-refractivity contribution in [2.24, 2.45) is 0 Å². The van der Waals surface area contributed by atoms with Crippen LogP contribution in [0.15, 0.2) is 47.5 Å². The molecule has 1 aromatic carbocycles. The molecule has 0 atom stereocenters. The number of benzene rings is 1. The van der Waals surface area contributed by atoms with E-state index >= 15 is 0 Å². The lowest BCUT2D eigenvalue weighted by Gasteiger charge is -2.37. The van der Waals surface area contributed by atoms with E-state index in [0.29, 0.717) is 43.2 Å². The molecule has 5 rings (SSSR count). The highest BCUT2D eigenvalue weighted by molar-refractivity contribution is 8.00. The number of anilines is 2. The number of carbonyl (C=O) groups is 3. The maximum Gasteiger partial charge on any atom is 0.253 e. The fraction of sp³-hybridized carbons (Fsp3) is 0.440. The Bertz CT molecular complexity index is 1070. The van der Waals surface area contributed by atoms with Crippen molar-refractivity contribution in [2.75, 3.05) is 61.4 Å². The summed E-state index contributed by atoms with van der Waals surface area (Å²) in [6.07, 6.45) is 4.98. The highest BCUT2D eigenvalue weighted by atomic mass is 32.2. The molecule has 0 radical (unpaired) electrons. The van der Waals surface area contributed by atoms with Gasteiger partial charge in [-0.3, -0.25) is 14.4 Å². The van der Waals surface area contributed by atoms with E-state index in [1.165, 1.54) is 11.8 Å². The molecule has 0 N–H and O–H groups in total. The van der Waals surface area contributed by atoms with Gasteiger partial charge in [0.15, 0.2) is 0 Å². The Kier molecular flexibility index (Phi) is 6.71. The Morgan fingerprint density at radius 3 is 2.44 bits per heavy atom. The van der Waals surface area contributed by atoms with Gasteiger partial charge in [-0.1, -0.05) is 6.07 Å². The normalized spacial score (nSPS) is 18.6. The summed E-state index contributed by atoms with van der Waals surface area (Å²) in [5.74, 6) is 1.05. The molecule has 0 saturated carbocycles. The van der Waals surface area contributed by atoms with Crippen LogP contribution in [0, 0.1) is 0 Å². The first-order valence-corrected chi connectivity index (χ1v) is 12.9. The first-order valence-electron chi connectivity index (χ1n) is 11.9. The predicted octanol–water partition coefficient (Wildman–Crippen LogP) is 2.50. The molecule has 2 aromatic rings. The van der Waals surface area contributed by atoms with Gasteiger partial charge in [0.25, 0.3) is 5.91 Å². The summed E-state index contributed by atoms with van der Waals surface area (Å²) in [4.78, 5) is 51.7. The Morgan fingerprint density at radius 2 is 1.71 bits per heavy atom. The van der Waals surface area contributed by atoms with Gasteiger partial charge in [0.1, 0.15) is 12.4 Å². The molecule has 9 heteroatoms. The van der Waals surface area contributed by atoms with Gasteiger partial charge in [-0.05, 0) is 49.6 Å². The van der Waals surface area contributed by atoms with Crippen molar-refractivity contribution in [3.05, 3.63) is 48.2 Å². The maximum atomic E-state index is 13.1. The number of hydrogen-bond donors (Lipinski definition) is 0. The number of rotatable bonds is 4. The minimum Gasteiger partial charge on any atom is -0.353 e. The Balaban J connectivity index is 1.27. The molecule has 3 aliphatic rings. The first-order chi connectivity index (χ1) is 16.6. The van der Waals surface area contributed by atoms with E-state index in [1.54, 1.807) is 17.2 Å². The fourth-order valence-corrected chi connectivity index (χ4v) is 5.67. The molecule has 2 saturated heterocycles. The van der Waals surface area contributed by atoms with Crippen LogP contribution in [0.3, 0.4) is 0 Å². The van der Waals surface area contributed by atoms with Gasteiger partial charge in [0, 0.05) is 55.9 Å². The number of likely N-dealkylation sites (tertiary alicyclic amines) is 1. The number of piperidine rings is 1. The first kappa shape index (κ1) is 22.7. The number of fused-ring (bicyclic) bond motifs is 1. The average Bonchev–Trinajstić information content (AvgIpc) is 2.90. The fourth-order valence-electron chi connectivity index (χ4n) is 4.75. The summed E-state index contributed by atoms with van der Waals surface area (Å²) in [6, 6.07) is 11.4. The van der Waals surface area contributed by atoms with Crippen molar-refractivity contribution >= 4 is 41.0 Å². The van der Waals surface area contributed by atoms with Gasteiger partial charge < -0.3 is 19.6 Å². The predicted molar refractivity (Wildman–Crippen MR) is 132 cm³/mol. The van der Waals surface area contributed by atoms with Crippen LogP contribution in [-0.4, -0.2) is 84.1 Å². The molecule has 3 amide bonds. The zero-order valence-corrected chi connectivity index (χ0v) is 20.0. The third kappa shape index (κ3) is 4.75. The smallest absolute Gasteiger partial charge is 0.253 e. The van der Waals surface area contributed by atoms with Crippen molar-refractivity contribution < 1.29 is 14.4 Å². The number of piperazine rings is 1. The van der Waals surface area contributed by atoms with E-state index in [1.807, 2.05) is 40.1 Å². The largest absolute Gasteiger partial charge is 0.353 e. The average molecular weight is 480 g/mol. The molecule has 34 heavy (non-hydrogen) atoms. The summed E-state index contributed by atoms with van der Waals surface area (Å²) in [6.45, 7) is 4.14. The third-order valence-corrected chi connectivity index (χ3v) is 7.74. The quantitative estimate of drug-likeness (QED) is 0.671. The topological polar surface area (TPSA) is 77.1 Å². The van der Waals surface area contributed by atoms with Crippen LogP contribution < -0.4 is 9.80 Å². The Hall–Kier alpha value is -3.07. The molecule has 178 valence electrons. The van der Waals surface area contributed by atoms with Crippen LogP contribution in [0.2, 0.25) is 0 Å². The SMILES string of the molecule is O=C(CN1C(=O)CSc2ccc(C(=O)N3CCCCC3)cc21)N1CCN(c2ccccn2)CC1.